The van der Waals surface area contributed by atoms with E-state index in [0.29, 0.717) is 5.75 Å². The highest BCUT2D eigenvalue weighted by Gasteiger charge is 2.05. The second-order valence-electron chi connectivity index (χ2n) is 2.13. The zero-order chi connectivity index (χ0) is 5.21. The smallest absolute Gasteiger partial charge is 0.0212 e. The van der Waals surface area contributed by atoms with Crippen molar-refractivity contribution in [2.45, 2.75) is 19.4 Å². The number of nitrogens with two attached hydrogens (primary N) is 1. The first-order chi connectivity index (χ1) is 2.56. The third-order valence-corrected chi connectivity index (χ3v) is 1.12. The maximum Gasteiger partial charge on any atom is 0.0212 e. The summed E-state index contributed by atoms with van der Waals surface area (Å²) in [6, 6.07) is 0. The minimum Gasteiger partial charge on any atom is -0.325 e. The Hall–Kier alpha value is 0.310. The van der Waals surface area contributed by atoms with Crippen molar-refractivity contribution in [3.8, 4) is 0 Å². The van der Waals surface area contributed by atoms with Crippen molar-refractivity contribution in [2.24, 2.45) is 5.73 Å². The van der Waals surface area contributed by atoms with Crippen molar-refractivity contribution in [1.29, 1.82) is 0 Å². The molecule has 1 nitrogen and oxygen atoms in total. The van der Waals surface area contributed by atoms with Crippen LogP contribution < -0.4 is 5.73 Å². The van der Waals surface area contributed by atoms with Crippen molar-refractivity contribution in [2.75, 3.05) is 5.75 Å². The first-order valence-electron chi connectivity index (χ1n) is 1.93. The Labute approximate surface area is 44.3 Å². The van der Waals surface area contributed by atoms with Crippen molar-refractivity contribution in [3.05, 3.63) is 0 Å². The minimum absolute atomic E-state index is 0.144. The molecule has 0 heterocycles. The van der Waals surface area contributed by atoms with Gasteiger partial charge in [0.15, 0.2) is 0 Å². The summed E-state index contributed by atoms with van der Waals surface area (Å²) >= 11 is 4.66. The molecule has 0 saturated heterocycles. The molecule has 0 fully saturated rings. The predicted molar refractivity (Wildman–Crippen MR) is 30.7 cm³/mol. The summed E-state index contributed by atoms with van der Waals surface area (Å²) in [6.45, 7) is 3.83. The largest absolute Gasteiger partial charge is 0.325 e. The maximum absolute atomic E-state index is 5.43. The van der Waals surface area contributed by atoms with Gasteiger partial charge in [0.25, 0.3) is 0 Å². The Morgan fingerprint density at radius 2 is 1.83 bits per heavy atom. The van der Waals surface area contributed by atoms with E-state index in [4.69, 9.17) is 5.73 Å². The lowest BCUT2D eigenvalue weighted by Gasteiger charge is -2.11. The molecule has 0 bridgehead atoms. The number of hydrogen-bond acceptors (Lipinski definition) is 1. The molecule has 0 rings (SSSR count). The zero-order valence-corrected chi connectivity index (χ0v) is 5.01. The van der Waals surface area contributed by atoms with E-state index >= 15 is 0 Å². The molecule has 0 aliphatic rings. The summed E-state index contributed by atoms with van der Waals surface area (Å²) in [4.78, 5) is 0. The van der Waals surface area contributed by atoms with E-state index < -0.39 is 0 Å². The second-order valence-corrected chi connectivity index (χ2v) is 2.42. The quantitative estimate of drug-likeness (QED) is 0.526. The number of rotatable bonds is 1. The average molecular weight is 104 g/mol. The topological polar surface area (TPSA) is 26.0 Å². The average Bonchev–Trinajstić information content (AvgIpc) is 1.35. The Balaban J connectivity index is 3.17. The van der Waals surface area contributed by atoms with Crippen LogP contribution >= 0.6 is 12.6 Å². The van der Waals surface area contributed by atoms with Crippen LogP contribution in [0.1, 0.15) is 13.8 Å². The lowest BCUT2D eigenvalue weighted by molar-refractivity contribution is 0.593. The molecule has 0 atom stereocenters. The van der Waals surface area contributed by atoms with Gasteiger partial charge in [-0.3, -0.25) is 0 Å². The molecule has 0 amide bonds. The lowest BCUT2D eigenvalue weighted by atomic mass is 10.1. The Kier molecular flexibility index (Phi) is 1.94. The third kappa shape index (κ3) is 4.31. The van der Waals surface area contributed by atoms with E-state index in [0.717, 1.165) is 0 Å². The molecule has 1 radical (unpaired) electrons. The minimum atomic E-state index is -0.144. The van der Waals surface area contributed by atoms with Gasteiger partial charge in [0.2, 0.25) is 0 Å². The molecule has 6 heavy (non-hydrogen) atoms. The third-order valence-electron chi connectivity index (χ3n) is 0.372. The highest BCUT2D eigenvalue weighted by Crippen LogP contribution is 1.96. The second kappa shape index (κ2) is 1.85. The first kappa shape index (κ1) is 6.31. The molecular weight excluding hydrogens is 94.1 g/mol. The fourth-order valence-electron chi connectivity index (χ4n) is 0. The SMILES string of the molecule is CC(C)(N)C[S]. The summed E-state index contributed by atoms with van der Waals surface area (Å²) in [5.41, 5.74) is 5.29. The molecule has 0 aromatic heterocycles. The van der Waals surface area contributed by atoms with Crippen molar-refractivity contribution < 1.29 is 0 Å². The van der Waals surface area contributed by atoms with Crippen molar-refractivity contribution in [3.63, 3.8) is 0 Å². The highest BCUT2D eigenvalue weighted by molar-refractivity contribution is 7.80. The fraction of sp³-hybridized carbons (Fsp3) is 1.00. The van der Waals surface area contributed by atoms with Crippen LogP contribution in [0.4, 0.5) is 0 Å². The van der Waals surface area contributed by atoms with Crippen LogP contribution in [0.2, 0.25) is 0 Å². The summed E-state index contributed by atoms with van der Waals surface area (Å²) in [7, 11) is 0. The summed E-state index contributed by atoms with van der Waals surface area (Å²) in [5.74, 6) is 0.632. The molecule has 0 saturated carbocycles. The van der Waals surface area contributed by atoms with Crippen LogP contribution in [0, 0.1) is 0 Å². The van der Waals surface area contributed by atoms with Crippen LogP contribution in [-0.4, -0.2) is 11.3 Å². The van der Waals surface area contributed by atoms with Crippen molar-refractivity contribution >= 4 is 12.6 Å². The van der Waals surface area contributed by atoms with Gasteiger partial charge >= 0.3 is 0 Å². The Morgan fingerprint density at radius 3 is 1.83 bits per heavy atom. The summed E-state index contributed by atoms with van der Waals surface area (Å²) < 4.78 is 0. The van der Waals surface area contributed by atoms with Crippen LogP contribution in [0.5, 0.6) is 0 Å². The molecule has 0 aliphatic carbocycles. The molecule has 0 unspecified atom stereocenters. The Bertz CT molecular complexity index is 37.3. The van der Waals surface area contributed by atoms with Crippen LogP contribution in [0.15, 0.2) is 0 Å². The van der Waals surface area contributed by atoms with Crippen LogP contribution in [-0.2, 0) is 0 Å². The molecular formula is C4H10NS. The predicted octanol–water partition coefficient (Wildman–Crippen LogP) is 0.921. The van der Waals surface area contributed by atoms with Crippen LogP contribution in [0.25, 0.3) is 0 Å². The molecule has 37 valence electrons. The first-order valence-corrected chi connectivity index (χ1v) is 2.51. The van der Waals surface area contributed by atoms with Gasteiger partial charge in [-0.25, -0.2) is 0 Å². The van der Waals surface area contributed by atoms with E-state index in [9.17, 15) is 0 Å². The molecule has 0 aliphatic heterocycles. The van der Waals surface area contributed by atoms with Gasteiger partial charge < -0.3 is 5.73 Å². The monoisotopic (exact) mass is 104 g/mol. The summed E-state index contributed by atoms with van der Waals surface area (Å²) in [5, 5.41) is 0. The van der Waals surface area contributed by atoms with Gasteiger partial charge in [0, 0.05) is 11.3 Å². The van der Waals surface area contributed by atoms with Gasteiger partial charge in [-0.2, -0.15) is 0 Å². The van der Waals surface area contributed by atoms with E-state index in [2.05, 4.69) is 12.6 Å². The van der Waals surface area contributed by atoms with Gasteiger partial charge in [0.1, 0.15) is 0 Å². The summed E-state index contributed by atoms with van der Waals surface area (Å²) in [6.07, 6.45) is 0. The van der Waals surface area contributed by atoms with Gasteiger partial charge in [-0.1, -0.05) is 12.6 Å². The normalized spacial score (nSPS) is 12.0. The van der Waals surface area contributed by atoms with E-state index in [1.54, 1.807) is 0 Å². The Morgan fingerprint density at radius 1 is 1.67 bits per heavy atom. The van der Waals surface area contributed by atoms with E-state index in [-0.39, 0.29) is 5.54 Å². The molecule has 0 spiro atoms. The molecule has 2 N–H and O–H groups in total. The van der Waals surface area contributed by atoms with Gasteiger partial charge in [-0.15, -0.1) is 0 Å². The fourth-order valence-corrected chi connectivity index (χ4v) is 0. The van der Waals surface area contributed by atoms with Gasteiger partial charge in [0.05, 0.1) is 0 Å². The highest BCUT2D eigenvalue weighted by atomic mass is 32.1. The van der Waals surface area contributed by atoms with E-state index in [1.165, 1.54) is 0 Å². The van der Waals surface area contributed by atoms with Crippen LogP contribution in [0.3, 0.4) is 0 Å². The number of hydrogen-bond donors (Lipinski definition) is 1. The molecule has 0 aromatic carbocycles. The zero-order valence-electron chi connectivity index (χ0n) is 4.19. The van der Waals surface area contributed by atoms with E-state index in [1.807, 2.05) is 13.8 Å². The van der Waals surface area contributed by atoms with Crippen molar-refractivity contribution in [1.82, 2.24) is 0 Å². The molecule has 2 heteroatoms. The van der Waals surface area contributed by atoms with Gasteiger partial charge in [-0.05, 0) is 13.8 Å². The lowest BCUT2D eigenvalue weighted by Crippen LogP contribution is -2.33. The standard InChI is InChI=1S/C4H10NS/c1-4(2,5)3-6/h3,5H2,1-2H3. The maximum atomic E-state index is 5.43. The molecule has 0 aromatic rings.